The fraction of sp³-hybridized carbons (Fsp3) is 0.0455. The molecule has 5 heteroatoms. The Labute approximate surface area is 161 Å². The maximum absolute atomic E-state index is 12.7. The van der Waals surface area contributed by atoms with Crippen LogP contribution < -0.4 is 5.32 Å². The van der Waals surface area contributed by atoms with Gasteiger partial charge in [0.25, 0.3) is 5.91 Å². The molecule has 4 aromatic rings. The normalized spacial score (nSPS) is 10.6. The van der Waals surface area contributed by atoms with Gasteiger partial charge in [0.2, 0.25) is 0 Å². The number of nitrogens with zero attached hydrogens (tertiary/aromatic N) is 2. The van der Waals surface area contributed by atoms with Crippen LogP contribution in [-0.4, -0.2) is 15.9 Å². The van der Waals surface area contributed by atoms with Crippen LogP contribution in [0.2, 0.25) is 0 Å². The van der Waals surface area contributed by atoms with E-state index in [0.717, 1.165) is 27.5 Å². The average Bonchev–Trinajstić information content (AvgIpc) is 3.12. The molecule has 0 atom stereocenters. The third-order valence-electron chi connectivity index (χ3n) is 4.14. The maximum Gasteiger partial charge on any atom is 0.267 e. The molecule has 2 aromatic carbocycles. The molecule has 0 saturated heterocycles. The van der Waals surface area contributed by atoms with Crippen molar-refractivity contribution < 1.29 is 4.79 Å². The van der Waals surface area contributed by atoms with Crippen LogP contribution in [0, 0.1) is 6.92 Å². The topological polar surface area (TPSA) is 54.9 Å². The fourth-order valence-electron chi connectivity index (χ4n) is 2.77. The molecule has 132 valence electrons. The first kappa shape index (κ1) is 17.1. The third-order valence-corrected chi connectivity index (χ3v) is 5.32. The number of nitrogens with one attached hydrogen (secondary N) is 1. The largest absolute Gasteiger partial charge is 0.321 e. The second-order valence-electron chi connectivity index (χ2n) is 6.05. The molecule has 1 N–H and O–H groups in total. The van der Waals surface area contributed by atoms with Gasteiger partial charge in [-0.15, -0.1) is 11.3 Å². The van der Waals surface area contributed by atoms with Crippen LogP contribution in [0.25, 0.3) is 21.8 Å². The summed E-state index contributed by atoms with van der Waals surface area (Å²) < 4.78 is 0. The molecule has 27 heavy (non-hydrogen) atoms. The molecule has 2 aromatic heterocycles. The Hall–Kier alpha value is -3.31. The van der Waals surface area contributed by atoms with Crippen LogP contribution in [-0.2, 0) is 0 Å². The van der Waals surface area contributed by atoms with E-state index in [1.165, 1.54) is 11.3 Å². The van der Waals surface area contributed by atoms with Gasteiger partial charge in [0.05, 0.1) is 11.4 Å². The van der Waals surface area contributed by atoms with Crippen molar-refractivity contribution in [3.8, 4) is 21.8 Å². The van der Waals surface area contributed by atoms with E-state index < -0.39 is 0 Å². The zero-order chi connectivity index (χ0) is 18.6. The number of anilines is 1. The summed E-state index contributed by atoms with van der Waals surface area (Å²) >= 11 is 1.35. The second kappa shape index (κ2) is 7.51. The monoisotopic (exact) mass is 371 g/mol. The predicted molar refractivity (Wildman–Crippen MR) is 110 cm³/mol. The lowest BCUT2D eigenvalue weighted by molar-refractivity contribution is 0.103. The summed E-state index contributed by atoms with van der Waals surface area (Å²) in [5, 5.41) is 3.70. The Morgan fingerprint density at radius 1 is 0.889 bits per heavy atom. The van der Waals surface area contributed by atoms with Crippen LogP contribution in [0.15, 0.2) is 79.0 Å². The number of aromatic nitrogens is 2. The summed E-state index contributed by atoms with van der Waals surface area (Å²) in [5.41, 5.74) is 4.50. The molecule has 0 aliphatic heterocycles. The van der Waals surface area contributed by atoms with Crippen molar-refractivity contribution in [1.29, 1.82) is 0 Å². The molecular formula is C22H17N3OS. The summed E-state index contributed by atoms with van der Waals surface area (Å²) in [4.78, 5) is 22.1. The predicted octanol–water partition coefficient (Wildman–Crippen LogP) is 5.43. The number of benzene rings is 2. The van der Waals surface area contributed by atoms with Gasteiger partial charge in [0.15, 0.2) is 0 Å². The minimum atomic E-state index is -0.153. The van der Waals surface area contributed by atoms with Gasteiger partial charge in [-0.1, -0.05) is 48.5 Å². The molecule has 2 heterocycles. The molecule has 0 bridgehead atoms. The highest BCUT2D eigenvalue weighted by Crippen LogP contribution is 2.27. The van der Waals surface area contributed by atoms with Gasteiger partial charge >= 0.3 is 0 Å². The maximum atomic E-state index is 12.7. The molecular weight excluding hydrogens is 354 g/mol. The minimum Gasteiger partial charge on any atom is -0.321 e. The van der Waals surface area contributed by atoms with Crippen molar-refractivity contribution in [2.75, 3.05) is 5.32 Å². The Balaban J connectivity index is 1.52. The molecule has 0 aliphatic rings. The van der Waals surface area contributed by atoms with Crippen molar-refractivity contribution in [3.63, 3.8) is 0 Å². The van der Waals surface area contributed by atoms with E-state index in [-0.39, 0.29) is 5.91 Å². The van der Waals surface area contributed by atoms with Crippen molar-refractivity contribution in [2.24, 2.45) is 0 Å². The smallest absolute Gasteiger partial charge is 0.267 e. The van der Waals surface area contributed by atoms with Crippen molar-refractivity contribution in [1.82, 2.24) is 9.97 Å². The van der Waals surface area contributed by atoms with E-state index in [2.05, 4.69) is 27.4 Å². The quantitative estimate of drug-likeness (QED) is 0.520. The number of rotatable bonds is 4. The van der Waals surface area contributed by atoms with Gasteiger partial charge in [-0.2, -0.15) is 0 Å². The standard InChI is InChI=1S/C22H17N3OS/c1-15-20(27-22(24-15)19-9-5-6-14-23-19)21(26)25-18-12-10-17(11-13-18)16-7-3-2-4-8-16/h2-14H,1H3,(H,25,26). The van der Waals surface area contributed by atoms with Crippen LogP contribution in [0.5, 0.6) is 0 Å². The first-order valence-electron chi connectivity index (χ1n) is 8.56. The van der Waals surface area contributed by atoms with Crippen LogP contribution in [0.3, 0.4) is 0 Å². The molecule has 4 nitrogen and oxygen atoms in total. The zero-order valence-electron chi connectivity index (χ0n) is 14.7. The highest BCUT2D eigenvalue weighted by Gasteiger charge is 2.17. The summed E-state index contributed by atoms with van der Waals surface area (Å²) in [5.74, 6) is -0.153. The number of aryl methyl sites for hydroxylation is 1. The van der Waals surface area contributed by atoms with Crippen molar-refractivity contribution in [3.05, 3.63) is 89.6 Å². The van der Waals surface area contributed by atoms with Gasteiger partial charge in [-0.05, 0) is 42.3 Å². The molecule has 0 fully saturated rings. The fourth-order valence-corrected chi connectivity index (χ4v) is 3.71. The van der Waals surface area contributed by atoms with E-state index in [9.17, 15) is 4.79 Å². The molecule has 0 aliphatic carbocycles. The number of carbonyl (C=O) groups is 1. The first-order valence-corrected chi connectivity index (χ1v) is 9.38. The molecule has 4 rings (SSSR count). The SMILES string of the molecule is Cc1nc(-c2ccccn2)sc1C(=O)Nc1ccc(-c2ccccc2)cc1. The van der Waals surface area contributed by atoms with Crippen LogP contribution in [0.1, 0.15) is 15.4 Å². The zero-order valence-corrected chi connectivity index (χ0v) is 15.5. The lowest BCUT2D eigenvalue weighted by Crippen LogP contribution is -2.11. The summed E-state index contributed by atoms with van der Waals surface area (Å²) in [7, 11) is 0. The van der Waals surface area contributed by atoms with Gasteiger partial charge in [-0.25, -0.2) is 4.98 Å². The Kier molecular flexibility index (Phi) is 4.77. The number of thiazole rings is 1. The molecule has 0 saturated carbocycles. The van der Waals surface area contributed by atoms with Gasteiger partial charge < -0.3 is 5.32 Å². The lowest BCUT2D eigenvalue weighted by Gasteiger charge is -2.06. The van der Waals surface area contributed by atoms with E-state index >= 15 is 0 Å². The van der Waals surface area contributed by atoms with Gasteiger partial charge in [0.1, 0.15) is 9.88 Å². The lowest BCUT2D eigenvalue weighted by atomic mass is 10.1. The van der Waals surface area contributed by atoms with E-state index in [4.69, 9.17) is 0 Å². The molecule has 1 amide bonds. The molecule has 0 radical (unpaired) electrons. The summed E-state index contributed by atoms with van der Waals surface area (Å²) in [6.45, 7) is 1.84. The third kappa shape index (κ3) is 3.78. The highest BCUT2D eigenvalue weighted by atomic mass is 32.1. The van der Waals surface area contributed by atoms with Gasteiger partial charge in [-0.3, -0.25) is 9.78 Å². The summed E-state index contributed by atoms with van der Waals surface area (Å²) in [6, 6.07) is 23.6. The second-order valence-corrected chi connectivity index (χ2v) is 7.05. The van der Waals surface area contributed by atoms with Gasteiger partial charge in [0, 0.05) is 11.9 Å². The van der Waals surface area contributed by atoms with Crippen molar-refractivity contribution >= 4 is 22.9 Å². The first-order chi connectivity index (χ1) is 13.2. The van der Waals surface area contributed by atoms with Crippen LogP contribution >= 0.6 is 11.3 Å². The summed E-state index contributed by atoms with van der Waals surface area (Å²) in [6.07, 6.45) is 1.72. The Bertz CT molecular complexity index is 1060. The number of hydrogen-bond acceptors (Lipinski definition) is 4. The average molecular weight is 371 g/mol. The van der Waals surface area contributed by atoms with E-state index in [1.807, 2.05) is 67.6 Å². The highest BCUT2D eigenvalue weighted by molar-refractivity contribution is 7.17. The van der Waals surface area contributed by atoms with E-state index in [1.54, 1.807) is 6.20 Å². The molecule has 0 spiro atoms. The number of pyridine rings is 1. The minimum absolute atomic E-state index is 0.153. The Morgan fingerprint density at radius 3 is 2.30 bits per heavy atom. The number of carbonyl (C=O) groups excluding carboxylic acids is 1. The van der Waals surface area contributed by atoms with E-state index in [0.29, 0.717) is 10.6 Å². The molecule has 0 unspecified atom stereocenters. The van der Waals surface area contributed by atoms with Crippen LogP contribution in [0.4, 0.5) is 5.69 Å². The number of amides is 1. The Morgan fingerprint density at radius 2 is 1.59 bits per heavy atom. The van der Waals surface area contributed by atoms with Crippen molar-refractivity contribution in [2.45, 2.75) is 6.92 Å². The number of hydrogen-bond donors (Lipinski definition) is 1.